The van der Waals surface area contributed by atoms with E-state index >= 15 is 0 Å². The van der Waals surface area contributed by atoms with Gasteiger partial charge in [0.05, 0.1) is 0 Å². The van der Waals surface area contributed by atoms with Crippen LogP contribution in [0.4, 0.5) is 0 Å². The molecule has 1 aliphatic rings. The summed E-state index contributed by atoms with van der Waals surface area (Å²) in [4.78, 5) is 5.23. The van der Waals surface area contributed by atoms with Crippen LogP contribution in [0.15, 0.2) is 0 Å². The predicted octanol–water partition coefficient (Wildman–Crippen LogP) is 2.20. The molecule has 1 saturated heterocycles. The third-order valence-corrected chi connectivity index (χ3v) is 3.32. The molecule has 0 aromatic carbocycles. The van der Waals surface area contributed by atoms with Gasteiger partial charge in [-0.05, 0) is 54.1 Å². The Labute approximate surface area is 89.3 Å². The summed E-state index contributed by atoms with van der Waals surface area (Å²) < 4.78 is 0. The van der Waals surface area contributed by atoms with Crippen LogP contribution in [0.3, 0.4) is 0 Å². The SMILES string of the molecule is CC(C)N1CCCN(C(C)C)C(C)C1. The van der Waals surface area contributed by atoms with Gasteiger partial charge >= 0.3 is 0 Å². The van der Waals surface area contributed by atoms with Gasteiger partial charge in [-0.15, -0.1) is 0 Å². The van der Waals surface area contributed by atoms with Crippen molar-refractivity contribution in [3.8, 4) is 0 Å². The molecule has 0 spiro atoms. The Bertz CT molecular complexity index is 166. The van der Waals surface area contributed by atoms with Crippen LogP contribution in [0.5, 0.6) is 0 Å². The quantitative estimate of drug-likeness (QED) is 0.671. The smallest absolute Gasteiger partial charge is 0.0197 e. The van der Waals surface area contributed by atoms with E-state index < -0.39 is 0 Å². The van der Waals surface area contributed by atoms with Gasteiger partial charge in [0.25, 0.3) is 0 Å². The Hall–Kier alpha value is -0.0800. The summed E-state index contributed by atoms with van der Waals surface area (Å²) in [6, 6.07) is 2.10. The summed E-state index contributed by atoms with van der Waals surface area (Å²) in [7, 11) is 0. The fourth-order valence-electron chi connectivity index (χ4n) is 2.45. The first-order valence-electron chi connectivity index (χ1n) is 6.02. The molecule has 0 aromatic rings. The summed E-state index contributed by atoms with van der Waals surface area (Å²) in [5.74, 6) is 0. The Morgan fingerprint density at radius 1 is 1.00 bits per heavy atom. The molecule has 1 fully saturated rings. The van der Waals surface area contributed by atoms with Gasteiger partial charge in [-0.2, -0.15) is 0 Å². The monoisotopic (exact) mass is 198 g/mol. The van der Waals surface area contributed by atoms with E-state index in [9.17, 15) is 0 Å². The van der Waals surface area contributed by atoms with Gasteiger partial charge in [-0.3, -0.25) is 9.80 Å². The van der Waals surface area contributed by atoms with Crippen molar-refractivity contribution in [1.82, 2.24) is 9.80 Å². The van der Waals surface area contributed by atoms with Gasteiger partial charge in [0.15, 0.2) is 0 Å². The Morgan fingerprint density at radius 2 is 1.64 bits per heavy atom. The molecule has 14 heavy (non-hydrogen) atoms. The molecule has 84 valence electrons. The summed E-state index contributed by atoms with van der Waals surface area (Å²) in [6.45, 7) is 15.3. The van der Waals surface area contributed by atoms with Crippen LogP contribution in [0.25, 0.3) is 0 Å². The van der Waals surface area contributed by atoms with E-state index in [0.717, 1.165) is 0 Å². The zero-order chi connectivity index (χ0) is 10.7. The number of rotatable bonds is 2. The molecule has 0 bridgehead atoms. The van der Waals surface area contributed by atoms with Crippen LogP contribution in [0, 0.1) is 0 Å². The first-order chi connectivity index (χ1) is 6.52. The maximum absolute atomic E-state index is 2.63. The third kappa shape index (κ3) is 2.96. The summed E-state index contributed by atoms with van der Waals surface area (Å²) in [5.41, 5.74) is 0. The molecule has 0 amide bonds. The average Bonchev–Trinajstić information content (AvgIpc) is 2.26. The lowest BCUT2D eigenvalue weighted by molar-refractivity contribution is 0.145. The number of hydrogen-bond donors (Lipinski definition) is 0. The second kappa shape index (κ2) is 5.13. The van der Waals surface area contributed by atoms with Crippen LogP contribution in [0.2, 0.25) is 0 Å². The molecule has 2 heteroatoms. The molecule has 0 aromatic heterocycles. The summed E-state index contributed by atoms with van der Waals surface area (Å²) in [6.07, 6.45) is 1.32. The highest BCUT2D eigenvalue weighted by Gasteiger charge is 2.24. The van der Waals surface area contributed by atoms with Crippen molar-refractivity contribution in [2.45, 2.75) is 59.2 Å². The maximum atomic E-state index is 2.63. The number of nitrogens with zero attached hydrogens (tertiary/aromatic N) is 2. The van der Waals surface area contributed by atoms with E-state index in [1.165, 1.54) is 26.1 Å². The molecular weight excluding hydrogens is 172 g/mol. The van der Waals surface area contributed by atoms with E-state index in [2.05, 4.69) is 44.4 Å². The summed E-state index contributed by atoms with van der Waals surface area (Å²) in [5, 5.41) is 0. The molecule has 1 unspecified atom stereocenters. The molecule has 0 N–H and O–H groups in total. The van der Waals surface area contributed by atoms with E-state index in [1.807, 2.05) is 0 Å². The minimum absolute atomic E-state index is 0.692. The predicted molar refractivity (Wildman–Crippen MR) is 62.6 cm³/mol. The van der Waals surface area contributed by atoms with Crippen LogP contribution in [-0.2, 0) is 0 Å². The van der Waals surface area contributed by atoms with Crippen molar-refractivity contribution in [2.24, 2.45) is 0 Å². The van der Waals surface area contributed by atoms with Crippen LogP contribution >= 0.6 is 0 Å². The number of hydrogen-bond acceptors (Lipinski definition) is 2. The molecule has 0 saturated carbocycles. The Kier molecular flexibility index (Phi) is 4.39. The fraction of sp³-hybridized carbons (Fsp3) is 1.00. The van der Waals surface area contributed by atoms with Gasteiger partial charge < -0.3 is 0 Å². The average molecular weight is 198 g/mol. The van der Waals surface area contributed by atoms with E-state index in [0.29, 0.717) is 18.1 Å². The molecule has 0 aliphatic carbocycles. The minimum atomic E-state index is 0.692. The molecular formula is C12H26N2. The van der Waals surface area contributed by atoms with Crippen LogP contribution in [-0.4, -0.2) is 47.6 Å². The summed E-state index contributed by atoms with van der Waals surface area (Å²) >= 11 is 0. The highest BCUT2D eigenvalue weighted by Crippen LogP contribution is 2.14. The van der Waals surface area contributed by atoms with E-state index in [4.69, 9.17) is 0 Å². The highest BCUT2D eigenvalue weighted by molar-refractivity contribution is 4.80. The Balaban J connectivity index is 2.56. The third-order valence-electron chi connectivity index (χ3n) is 3.32. The van der Waals surface area contributed by atoms with Gasteiger partial charge in [0, 0.05) is 24.7 Å². The zero-order valence-corrected chi connectivity index (χ0v) is 10.5. The molecule has 1 rings (SSSR count). The largest absolute Gasteiger partial charge is 0.299 e. The lowest BCUT2D eigenvalue weighted by Crippen LogP contribution is -2.44. The standard InChI is InChI=1S/C12H26N2/c1-10(2)13-7-6-8-14(11(3)4)12(5)9-13/h10-12H,6-9H2,1-5H3. The van der Waals surface area contributed by atoms with Crippen molar-refractivity contribution in [2.75, 3.05) is 19.6 Å². The molecule has 1 heterocycles. The van der Waals surface area contributed by atoms with Crippen molar-refractivity contribution < 1.29 is 0 Å². The molecule has 1 aliphatic heterocycles. The van der Waals surface area contributed by atoms with E-state index in [-0.39, 0.29) is 0 Å². The fourth-order valence-corrected chi connectivity index (χ4v) is 2.45. The lowest BCUT2D eigenvalue weighted by Gasteiger charge is -2.33. The van der Waals surface area contributed by atoms with E-state index in [1.54, 1.807) is 0 Å². The van der Waals surface area contributed by atoms with Crippen molar-refractivity contribution >= 4 is 0 Å². The topological polar surface area (TPSA) is 6.48 Å². The molecule has 2 nitrogen and oxygen atoms in total. The van der Waals surface area contributed by atoms with Crippen LogP contribution in [0.1, 0.15) is 41.0 Å². The van der Waals surface area contributed by atoms with Crippen molar-refractivity contribution in [3.63, 3.8) is 0 Å². The van der Waals surface area contributed by atoms with Gasteiger partial charge in [-0.25, -0.2) is 0 Å². The molecule has 1 atom stereocenters. The van der Waals surface area contributed by atoms with Gasteiger partial charge in [-0.1, -0.05) is 0 Å². The van der Waals surface area contributed by atoms with Gasteiger partial charge in [0.2, 0.25) is 0 Å². The lowest BCUT2D eigenvalue weighted by atomic mass is 10.2. The maximum Gasteiger partial charge on any atom is 0.0197 e. The van der Waals surface area contributed by atoms with Crippen LogP contribution < -0.4 is 0 Å². The van der Waals surface area contributed by atoms with Crippen molar-refractivity contribution in [1.29, 1.82) is 0 Å². The van der Waals surface area contributed by atoms with Crippen molar-refractivity contribution in [3.05, 3.63) is 0 Å². The first-order valence-corrected chi connectivity index (χ1v) is 6.02. The first kappa shape index (κ1) is 12.0. The second-order valence-electron chi connectivity index (χ2n) is 5.12. The Morgan fingerprint density at radius 3 is 2.14 bits per heavy atom. The highest BCUT2D eigenvalue weighted by atomic mass is 15.3. The zero-order valence-electron chi connectivity index (χ0n) is 10.5. The minimum Gasteiger partial charge on any atom is -0.299 e. The molecule has 0 radical (unpaired) electrons. The normalized spacial score (nSPS) is 27.2. The van der Waals surface area contributed by atoms with Gasteiger partial charge in [0.1, 0.15) is 0 Å². The second-order valence-corrected chi connectivity index (χ2v) is 5.12.